The molecule has 0 aromatic heterocycles. The summed E-state index contributed by atoms with van der Waals surface area (Å²) in [6.07, 6.45) is -3.39. The van der Waals surface area contributed by atoms with E-state index in [1.807, 2.05) is 0 Å². The van der Waals surface area contributed by atoms with Crippen LogP contribution in [0.4, 0.5) is 18.9 Å². The third kappa shape index (κ3) is 3.82. The molecule has 7 heteroatoms. The maximum absolute atomic E-state index is 13.3. The number of anilines is 1. The summed E-state index contributed by atoms with van der Waals surface area (Å²) < 4.78 is 45.3. The van der Waals surface area contributed by atoms with Gasteiger partial charge < -0.3 is 9.64 Å². The van der Waals surface area contributed by atoms with E-state index >= 15 is 0 Å². The zero-order valence-corrected chi connectivity index (χ0v) is 13.4. The van der Waals surface area contributed by atoms with E-state index in [0.29, 0.717) is 19.0 Å². The van der Waals surface area contributed by atoms with Gasteiger partial charge >= 0.3 is 6.18 Å². The second-order valence-corrected chi connectivity index (χ2v) is 6.36. The van der Waals surface area contributed by atoms with Crippen LogP contribution in [0.1, 0.15) is 17.5 Å². The molecule has 1 aromatic rings. The molecule has 0 amide bonds. The largest absolute Gasteiger partial charge is 0.418 e. The van der Waals surface area contributed by atoms with E-state index in [1.54, 1.807) is 11.0 Å². The number of alkyl halides is 3. The van der Waals surface area contributed by atoms with Gasteiger partial charge in [0.2, 0.25) is 0 Å². The molecule has 0 aliphatic carbocycles. The Bertz CT molecular complexity index is 612. The van der Waals surface area contributed by atoms with E-state index in [9.17, 15) is 13.2 Å². The molecule has 3 rings (SSSR count). The van der Waals surface area contributed by atoms with Gasteiger partial charge in [-0.25, -0.2) is 0 Å². The van der Waals surface area contributed by atoms with Crippen molar-refractivity contribution in [2.24, 2.45) is 5.92 Å². The van der Waals surface area contributed by atoms with Crippen molar-refractivity contribution < 1.29 is 17.9 Å². The standard InChI is InChI=1S/C17H20F3N3O/c18-17(19,20)15-9-13(10-21)1-2-16(15)23-6-4-22(5-7-23)11-14-3-8-24-12-14/h1-2,9,14H,3-8,11-12H2. The summed E-state index contributed by atoms with van der Waals surface area (Å²) in [4.78, 5) is 4.07. The summed E-state index contributed by atoms with van der Waals surface area (Å²) in [5.41, 5.74) is -0.518. The fourth-order valence-corrected chi connectivity index (χ4v) is 3.37. The number of halogens is 3. The van der Waals surface area contributed by atoms with E-state index in [0.717, 1.165) is 45.3 Å². The number of nitriles is 1. The lowest BCUT2D eigenvalue weighted by molar-refractivity contribution is -0.137. The highest BCUT2D eigenvalue weighted by Crippen LogP contribution is 2.37. The van der Waals surface area contributed by atoms with Crippen LogP contribution in [0.25, 0.3) is 0 Å². The fraction of sp³-hybridized carbons (Fsp3) is 0.588. The first kappa shape index (κ1) is 17.1. The first-order valence-corrected chi connectivity index (χ1v) is 8.14. The van der Waals surface area contributed by atoms with Crippen LogP contribution in [0.5, 0.6) is 0 Å². The van der Waals surface area contributed by atoms with Crippen LogP contribution in [0.15, 0.2) is 18.2 Å². The number of ether oxygens (including phenoxy) is 1. The monoisotopic (exact) mass is 339 g/mol. The molecular formula is C17H20F3N3O. The maximum Gasteiger partial charge on any atom is 0.418 e. The minimum absolute atomic E-state index is 0.0333. The van der Waals surface area contributed by atoms with Crippen molar-refractivity contribution >= 4 is 5.69 Å². The first-order valence-electron chi connectivity index (χ1n) is 8.14. The van der Waals surface area contributed by atoms with Crippen LogP contribution in [-0.4, -0.2) is 50.8 Å². The molecule has 2 aliphatic rings. The number of benzene rings is 1. The normalized spacial score (nSPS) is 22.6. The summed E-state index contributed by atoms with van der Waals surface area (Å²) in [6, 6.07) is 5.59. The molecular weight excluding hydrogens is 319 g/mol. The Hall–Kier alpha value is -1.78. The number of nitrogens with zero attached hydrogens (tertiary/aromatic N) is 3. The molecule has 2 saturated heterocycles. The van der Waals surface area contributed by atoms with Gasteiger partial charge in [0.05, 0.1) is 23.8 Å². The summed E-state index contributed by atoms with van der Waals surface area (Å²) >= 11 is 0. The van der Waals surface area contributed by atoms with Crippen molar-refractivity contribution in [2.45, 2.75) is 12.6 Å². The van der Waals surface area contributed by atoms with E-state index in [2.05, 4.69) is 4.90 Å². The first-order chi connectivity index (χ1) is 11.5. The van der Waals surface area contributed by atoms with Crippen LogP contribution >= 0.6 is 0 Å². The fourth-order valence-electron chi connectivity index (χ4n) is 3.37. The molecule has 1 unspecified atom stereocenters. The molecule has 4 nitrogen and oxygen atoms in total. The molecule has 0 saturated carbocycles. The second kappa shape index (κ2) is 6.99. The van der Waals surface area contributed by atoms with Gasteiger partial charge in [-0.1, -0.05) is 0 Å². The van der Waals surface area contributed by atoms with E-state index in [-0.39, 0.29) is 11.3 Å². The Morgan fingerprint density at radius 1 is 1.21 bits per heavy atom. The van der Waals surface area contributed by atoms with Crippen LogP contribution in [0, 0.1) is 17.2 Å². The van der Waals surface area contributed by atoms with Crippen molar-refractivity contribution in [3.8, 4) is 6.07 Å². The SMILES string of the molecule is N#Cc1ccc(N2CCN(CC3CCOC3)CC2)c(C(F)(F)F)c1. The number of hydrogen-bond acceptors (Lipinski definition) is 4. The maximum atomic E-state index is 13.3. The van der Waals surface area contributed by atoms with Crippen LogP contribution in [0.2, 0.25) is 0 Å². The third-order valence-electron chi connectivity index (χ3n) is 4.68. The number of hydrogen-bond donors (Lipinski definition) is 0. The molecule has 1 atom stereocenters. The van der Waals surface area contributed by atoms with Gasteiger partial charge in [0, 0.05) is 45.0 Å². The molecule has 2 aliphatic heterocycles. The lowest BCUT2D eigenvalue weighted by Crippen LogP contribution is -2.48. The lowest BCUT2D eigenvalue weighted by Gasteiger charge is -2.38. The summed E-state index contributed by atoms with van der Waals surface area (Å²) in [5.74, 6) is 0.539. The van der Waals surface area contributed by atoms with Crippen molar-refractivity contribution in [3.63, 3.8) is 0 Å². The number of rotatable bonds is 3. The Morgan fingerprint density at radius 2 is 1.96 bits per heavy atom. The Labute approximate surface area is 139 Å². The van der Waals surface area contributed by atoms with Gasteiger partial charge in [0.25, 0.3) is 0 Å². The Morgan fingerprint density at radius 3 is 2.54 bits per heavy atom. The highest BCUT2D eigenvalue weighted by molar-refractivity contribution is 5.58. The van der Waals surface area contributed by atoms with E-state index in [1.165, 1.54) is 12.1 Å². The van der Waals surface area contributed by atoms with Crippen molar-refractivity contribution in [1.82, 2.24) is 4.90 Å². The van der Waals surface area contributed by atoms with Gasteiger partial charge in [-0.2, -0.15) is 18.4 Å². The van der Waals surface area contributed by atoms with Crippen LogP contribution in [-0.2, 0) is 10.9 Å². The van der Waals surface area contributed by atoms with Gasteiger partial charge in [-0.3, -0.25) is 4.90 Å². The molecule has 1 aromatic carbocycles. The Kier molecular flexibility index (Phi) is 4.97. The molecule has 0 N–H and O–H groups in total. The predicted molar refractivity (Wildman–Crippen MR) is 83.7 cm³/mol. The van der Waals surface area contributed by atoms with E-state index < -0.39 is 11.7 Å². The minimum atomic E-state index is -4.46. The summed E-state index contributed by atoms with van der Waals surface area (Å²) in [5, 5.41) is 8.85. The van der Waals surface area contributed by atoms with Gasteiger partial charge in [0.1, 0.15) is 0 Å². The van der Waals surface area contributed by atoms with Crippen LogP contribution in [0.3, 0.4) is 0 Å². The summed E-state index contributed by atoms with van der Waals surface area (Å²) in [7, 11) is 0. The van der Waals surface area contributed by atoms with Gasteiger partial charge in [-0.15, -0.1) is 0 Å². The second-order valence-electron chi connectivity index (χ2n) is 6.36. The molecule has 130 valence electrons. The quantitative estimate of drug-likeness (QED) is 0.849. The van der Waals surface area contributed by atoms with Gasteiger partial charge in [-0.05, 0) is 30.5 Å². The third-order valence-corrected chi connectivity index (χ3v) is 4.68. The average molecular weight is 339 g/mol. The highest BCUT2D eigenvalue weighted by atomic mass is 19.4. The number of piperazine rings is 1. The van der Waals surface area contributed by atoms with E-state index in [4.69, 9.17) is 10.00 Å². The zero-order chi connectivity index (χ0) is 17.2. The predicted octanol–water partition coefficient (Wildman–Crippen LogP) is 2.74. The topological polar surface area (TPSA) is 39.5 Å². The Balaban J connectivity index is 1.68. The minimum Gasteiger partial charge on any atom is -0.381 e. The van der Waals surface area contributed by atoms with Crippen molar-refractivity contribution in [1.29, 1.82) is 5.26 Å². The molecule has 2 heterocycles. The van der Waals surface area contributed by atoms with Crippen LogP contribution < -0.4 is 4.90 Å². The van der Waals surface area contributed by atoms with Gasteiger partial charge in [0.15, 0.2) is 0 Å². The van der Waals surface area contributed by atoms with Crippen molar-refractivity contribution in [3.05, 3.63) is 29.3 Å². The molecule has 2 fully saturated rings. The molecule has 0 spiro atoms. The summed E-state index contributed by atoms with van der Waals surface area (Å²) in [6.45, 7) is 5.15. The molecule has 0 radical (unpaired) electrons. The lowest BCUT2D eigenvalue weighted by atomic mass is 10.1. The smallest absolute Gasteiger partial charge is 0.381 e. The molecule has 24 heavy (non-hydrogen) atoms. The molecule has 0 bridgehead atoms. The van der Waals surface area contributed by atoms with Crippen molar-refractivity contribution in [2.75, 3.05) is 50.8 Å². The average Bonchev–Trinajstić information content (AvgIpc) is 3.07. The zero-order valence-electron chi connectivity index (χ0n) is 13.4. The highest BCUT2D eigenvalue weighted by Gasteiger charge is 2.36.